The van der Waals surface area contributed by atoms with Gasteiger partial charge in [0.1, 0.15) is 0 Å². The van der Waals surface area contributed by atoms with Gasteiger partial charge in [-0.2, -0.15) is 0 Å². The molecular formula is C31H44. The molecular weight excluding hydrogens is 372 g/mol. The summed E-state index contributed by atoms with van der Waals surface area (Å²) < 4.78 is 0. The Bertz CT molecular complexity index is 828. The van der Waals surface area contributed by atoms with Crippen molar-refractivity contribution in [2.45, 2.75) is 74.1 Å². The molecule has 3 rings (SSSR count). The van der Waals surface area contributed by atoms with E-state index in [1.54, 1.807) is 0 Å². The van der Waals surface area contributed by atoms with E-state index in [9.17, 15) is 0 Å². The van der Waals surface area contributed by atoms with Crippen molar-refractivity contribution in [2.75, 3.05) is 0 Å². The Morgan fingerprint density at radius 1 is 0.839 bits per heavy atom. The van der Waals surface area contributed by atoms with Gasteiger partial charge in [-0.3, -0.25) is 0 Å². The first kappa shape index (κ1) is 26.7. The van der Waals surface area contributed by atoms with Crippen LogP contribution in [0.5, 0.6) is 0 Å². The lowest BCUT2D eigenvalue weighted by Gasteiger charge is -2.16. The Labute approximate surface area is 192 Å². The lowest BCUT2D eigenvalue weighted by Crippen LogP contribution is -2.08. The molecule has 0 fully saturated rings. The molecule has 31 heavy (non-hydrogen) atoms. The van der Waals surface area contributed by atoms with E-state index in [4.69, 9.17) is 0 Å². The van der Waals surface area contributed by atoms with Gasteiger partial charge in [-0.25, -0.2) is 0 Å². The van der Waals surface area contributed by atoms with E-state index in [1.165, 1.54) is 46.2 Å². The summed E-state index contributed by atoms with van der Waals surface area (Å²) in [4.78, 5) is 0. The van der Waals surface area contributed by atoms with Gasteiger partial charge in [0, 0.05) is 0 Å². The van der Waals surface area contributed by atoms with Crippen LogP contribution in [-0.4, -0.2) is 0 Å². The maximum atomic E-state index is 3.90. The fourth-order valence-electron chi connectivity index (χ4n) is 3.88. The first-order valence-electron chi connectivity index (χ1n) is 11.5. The van der Waals surface area contributed by atoms with Crippen molar-refractivity contribution >= 4 is 0 Å². The van der Waals surface area contributed by atoms with Crippen LogP contribution in [0.15, 0.2) is 78.9 Å². The van der Waals surface area contributed by atoms with Crippen LogP contribution in [0, 0.1) is 25.7 Å². The highest BCUT2D eigenvalue weighted by Crippen LogP contribution is 2.19. The maximum Gasteiger partial charge on any atom is -0.0236 e. The van der Waals surface area contributed by atoms with Gasteiger partial charge in [-0.05, 0) is 81.4 Å². The maximum absolute atomic E-state index is 3.90. The van der Waals surface area contributed by atoms with Crippen LogP contribution >= 0.6 is 0 Å². The molecule has 1 aliphatic carbocycles. The van der Waals surface area contributed by atoms with E-state index in [2.05, 4.69) is 108 Å². The second-order valence-electron chi connectivity index (χ2n) is 9.02. The average Bonchev–Trinajstić information content (AvgIpc) is 2.73. The molecule has 2 aromatic rings. The number of hydrogen-bond donors (Lipinski definition) is 0. The minimum absolute atomic E-state index is 0. The molecule has 0 N–H and O–H groups in total. The van der Waals surface area contributed by atoms with Crippen molar-refractivity contribution in [3.63, 3.8) is 0 Å². The number of allylic oxidation sites excluding steroid dienone is 5. The zero-order chi connectivity index (χ0) is 21.9. The molecule has 0 bridgehead atoms. The smallest absolute Gasteiger partial charge is 0.0236 e. The summed E-state index contributed by atoms with van der Waals surface area (Å²) in [5.74, 6) is 1.22. The monoisotopic (exact) mass is 416 g/mol. The Kier molecular flexibility index (Phi) is 11.9. The van der Waals surface area contributed by atoms with Crippen LogP contribution in [0.4, 0.5) is 0 Å². The Morgan fingerprint density at radius 3 is 1.90 bits per heavy atom. The quantitative estimate of drug-likeness (QED) is 0.395. The first-order valence-corrected chi connectivity index (χ1v) is 11.5. The van der Waals surface area contributed by atoms with Crippen molar-refractivity contribution in [1.29, 1.82) is 0 Å². The van der Waals surface area contributed by atoms with Crippen LogP contribution in [0.25, 0.3) is 0 Å². The summed E-state index contributed by atoms with van der Waals surface area (Å²) in [6, 6.07) is 16.0. The number of hydrogen-bond acceptors (Lipinski definition) is 0. The third-order valence-corrected chi connectivity index (χ3v) is 6.01. The minimum Gasteiger partial charge on any atom is -0.103 e. The van der Waals surface area contributed by atoms with Gasteiger partial charge < -0.3 is 0 Å². The fraction of sp³-hybridized carbons (Fsp3) is 0.419. The highest BCUT2D eigenvalue weighted by atomic mass is 14.1. The molecule has 0 heterocycles. The lowest BCUT2D eigenvalue weighted by atomic mass is 9.89. The van der Waals surface area contributed by atoms with Gasteiger partial charge >= 0.3 is 0 Å². The van der Waals surface area contributed by atoms with Crippen LogP contribution in [0.1, 0.15) is 68.9 Å². The molecule has 168 valence electrons. The molecule has 1 aliphatic rings. The van der Waals surface area contributed by atoms with Gasteiger partial charge in [-0.15, -0.1) is 6.58 Å². The largest absolute Gasteiger partial charge is 0.103 e. The highest BCUT2D eigenvalue weighted by Gasteiger charge is 2.09. The zero-order valence-electron chi connectivity index (χ0n) is 19.7. The second-order valence-corrected chi connectivity index (χ2v) is 9.02. The summed E-state index contributed by atoms with van der Waals surface area (Å²) in [5, 5.41) is 0. The Balaban J connectivity index is 0.000000510. The predicted molar refractivity (Wildman–Crippen MR) is 141 cm³/mol. The van der Waals surface area contributed by atoms with Gasteiger partial charge in [0.15, 0.2) is 0 Å². The molecule has 0 radical (unpaired) electrons. The normalized spacial score (nSPS) is 14.4. The number of benzene rings is 2. The van der Waals surface area contributed by atoms with E-state index in [1.807, 2.05) is 0 Å². The molecule has 2 atom stereocenters. The van der Waals surface area contributed by atoms with Crippen molar-refractivity contribution < 1.29 is 0 Å². The van der Waals surface area contributed by atoms with Crippen molar-refractivity contribution in [3.05, 3.63) is 107 Å². The molecule has 0 spiro atoms. The van der Waals surface area contributed by atoms with Crippen molar-refractivity contribution in [1.82, 2.24) is 0 Å². The Morgan fingerprint density at radius 2 is 1.42 bits per heavy atom. The predicted octanol–water partition coefficient (Wildman–Crippen LogP) is 9.01. The van der Waals surface area contributed by atoms with Gasteiger partial charge in [0.2, 0.25) is 0 Å². The summed E-state index contributed by atoms with van der Waals surface area (Å²) >= 11 is 0. The van der Waals surface area contributed by atoms with Gasteiger partial charge in [0.25, 0.3) is 0 Å². The molecule has 0 nitrogen and oxygen atoms in total. The van der Waals surface area contributed by atoms with E-state index < -0.39 is 0 Å². The van der Waals surface area contributed by atoms with E-state index in [-0.39, 0.29) is 7.43 Å². The molecule has 2 aromatic carbocycles. The third-order valence-electron chi connectivity index (χ3n) is 6.01. The minimum atomic E-state index is 0. The molecule has 0 saturated heterocycles. The molecule has 0 aliphatic heterocycles. The molecule has 0 heteroatoms. The lowest BCUT2D eigenvalue weighted by molar-refractivity contribution is 0.458. The van der Waals surface area contributed by atoms with E-state index in [0.717, 1.165) is 19.3 Å². The fourth-order valence-corrected chi connectivity index (χ4v) is 3.88. The van der Waals surface area contributed by atoms with E-state index >= 15 is 0 Å². The topological polar surface area (TPSA) is 0 Å². The van der Waals surface area contributed by atoms with E-state index in [0.29, 0.717) is 11.8 Å². The average molecular weight is 417 g/mol. The molecule has 0 saturated carbocycles. The Hall–Kier alpha value is -2.34. The van der Waals surface area contributed by atoms with Gasteiger partial charge in [0.05, 0.1) is 0 Å². The molecule has 1 unspecified atom stereocenters. The summed E-state index contributed by atoms with van der Waals surface area (Å²) in [5.41, 5.74) is 8.44. The van der Waals surface area contributed by atoms with Crippen LogP contribution in [0.2, 0.25) is 0 Å². The van der Waals surface area contributed by atoms with Crippen molar-refractivity contribution in [3.8, 4) is 0 Å². The molecule has 0 aromatic heterocycles. The first-order chi connectivity index (χ1) is 14.4. The molecule has 0 amide bonds. The zero-order valence-corrected chi connectivity index (χ0v) is 19.7. The standard InChI is InChI=1S/C23H30.C7H10.CH4/c1-6-19(4)20(5)16-22-10-7-21(8-11-22)9-12-23-14-17(2)13-18(3)15-23;1-7-5-3-2-4-6-7;/h6-8,10-11,13-15,19-20H,1,9,12,16H2,2-5H3;3,5-6H,2,4H2,1H3;1H4/t19?,20-;;/m0../s1. The SMILES string of the molecule is C.C=CC(C)[C@@H](C)Cc1ccc(CCc2cc(C)cc(C)c2)cc1.CC1=CCCC=C1. The van der Waals surface area contributed by atoms with Gasteiger partial charge in [-0.1, -0.05) is 105 Å². The van der Waals surface area contributed by atoms with Crippen LogP contribution in [0.3, 0.4) is 0 Å². The highest BCUT2D eigenvalue weighted by molar-refractivity contribution is 5.30. The number of rotatable bonds is 7. The van der Waals surface area contributed by atoms with Crippen molar-refractivity contribution in [2.24, 2.45) is 11.8 Å². The summed E-state index contributed by atoms with van der Waals surface area (Å²) in [6.07, 6.45) is 14.5. The summed E-state index contributed by atoms with van der Waals surface area (Å²) in [6.45, 7) is 14.9. The third kappa shape index (κ3) is 10.0. The number of aryl methyl sites for hydroxylation is 4. The van der Waals surface area contributed by atoms with Crippen LogP contribution in [-0.2, 0) is 19.3 Å². The second kappa shape index (κ2) is 13.9. The summed E-state index contributed by atoms with van der Waals surface area (Å²) in [7, 11) is 0. The van der Waals surface area contributed by atoms with Crippen LogP contribution < -0.4 is 0 Å².